The quantitative estimate of drug-likeness (QED) is 0.564. The smallest absolute Gasteiger partial charge is 0.573 e. The Labute approximate surface area is 98.7 Å². The summed E-state index contributed by atoms with van der Waals surface area (Å²) in [5.74, 6) is 0. The second-order valence-electron chi connectivity index (χ2n) is 2.12. The average Bonchev–Trinajstić information content (AvgIpc) is 1.80. The van der Waals surface area contributed by atoms with Crippen molar-refractivity contribution in [3.63, 3.8) is 0 Å². The number of rotatable bonds is 3. The predicted octanol–water partition coefficient (Wildman–Crippen LogP) is 2.06. The highest BCUT2D eigenvalue weighted by Gasteiger charge is 2.44. The van der Waals surface area contributed by atoms with Crippen molar-refractivity contribution in [3.05, 3.63) is 0 Å². The molecule has 0 N–H and O–H groups in total. The van der Waals surface area contributed by atoms with E-state index in [0.717, 1.165) is 0 Å². The first-order valence-corrected chi connectivity index (χ1v) is 6.07. The number of hydrogen-bond acceptors (Lipinski definition) is 6. The summed E-state index contributed by atoms with van der Waals surface area (Å²) < 4.78 is 15.4. The van der Waals surface area contributed by atoms with Gasteiger partial charge in [0.2, 0.25) is 0 Å². The Morgan fingerprint density at radius 3 is 1.15 bits per heavy atom. The van der Waals surface area contributed by atoms with E-state index in [1.165, 1.54) is 0 Å². The SMILES string of the molecule is CC(=S)[O][Al]([O]C(C)=S)[O]C(C)=S. The van der Waals surface area contributed by atoms with Crippen molar-refractivity contribution in [1.82, 2.24) is 0 Å². The molecular weight excluding hydrogens is 243 g/mol. The van der Waals surface area contributed by atoms with Crippen LogP contribution in [-0.4, -0.2) is 30.3 Å². The van der Waals surface area contributed by atoms with Crippen LogP contribution in [0.5, 0.6) is 0 Å². The van der Waals surface area contributed by atoms with Gasteiger partial charge in [-0.15, -0.1) is 0 Å². The Kier molecular flexibility index (Phi) is 6.73. The predicted molar refractivity (Wildman–Crippen MR) is 63.8 cm³/mol. The molecule has 0 bridgehead atoms. The van der Waals surface area contributed by atoms with E-state index in [1.807, 2.05) is 0 Å². The zero-order chi connectivity index (χ0) is 10.4. The molecule has 0 radical (unpaired) electrons. The van der Waals surface area contributed by atoms with Crippen LogP contribution in [0.15, 0.2) is 0 Å². The van der Waals surface area contributed by atoms with Gasteiger partial charge < -0.3 is 11.4 Å². The van der Waals surface area contributed by atoms with Gasteiger partial charge in [0, 0.05) is 20.8 Å². The molecule has 0 aliphatic rings. The third-order valence-electron chi connectivity index (χ3n) is 0.787. The van der Waals surface area contributed by atoms with E-state index < -0.39 is 15.1 Å². The standard InChI is InChI=1S/3C2H4OS.Al/c3*1-2(3)4;/h3*1H3,(H,3,4);/q;;;+3/p-3. The summed E-state index contributed by atoms with van der Waals surface area (Å²) in [5, 5.41) is 1.09. The third kappa shape index (κ3) is 8.53. The summed E-state index contributed by atoms with van der Waals surface area (Å²) in [5.41, 5.74) is 0. The Morgan fingerprint density at radius 2 is 1.00 bits per heavy atom. The molecule has 0 saturated carbocycles. The molecule has 0 unspecified atom stereocenters. The van der Waals surface area contributed by atoms with E-state index in [0.29, 0.717) is 15.2 Å². The molecule has 0 heterocycles. The van der Waals surface area contributed by atoms with Crippen LogP contribution in [0.3, 0.4) is 0 Å². The lowest BCUT2D eigenvalue weighted by Gasteiger charge is -2.12. The molecule has 72 valence electrons. The van der Waals surface area contributed by atoms with Crippen LogP contribution in [0.25, 0.3) is 0 Å². The summed E-state index contributed by atoms with van der Waals surface area (Å²) in [6, 6.07) is 0. The molecular formula is C6H9AlO3S3. The van der Waals surface area contributed by atoms with Crippen LogP contribution in [0, 0.1) is 0 Å². The minimum atomic E-state index is -2.33. The van der Waals surface area contributed by atoms with Crippen molar-refractivity contribution in [3.8, 4) is 0 Å². The van der Waals surface area contributed by atoms with Gasteiger partial charge >= 0.3 is 15.1 Å². The van der Waals surface area contributed by atoms with Crippen molar-refractivity contribution in [2.45, 2.75) is 20.8 Å². The maximum atomic E-state index is 5.12. The van der Waals surface area contributed by atoms with Crippen molar-refractivity contribution >= 4 is 67.0 Å². The summed E-state index contributed by atoms with van der Waals surface area (Å²) in [6.45, 7) is 4.92. The van der Waals surface area contributed by atoms with Crippen molar-refractivity contribution in [2.24, 2.45) is 0 Å². The molecule has 7 heteroatoms. The Morgan fingerprint density at radius 1 is 0.769 bits per heavy atom. The van der Waals surface area contributed by atoms with Crippen LogP contribution >= 0.6 is 36.7 Å². The molecule has 0 aliphatic heterocycles. The van der Waals surface area contributed by atoms with Crippen molar-refractivity contribution in [1.29, 1.82) is 0 Å². The van der Waals surface area contributed by atoms with Crippen LogP contribution in [0.2, 0.25) is 0 Å². The van der Waals surface area contributed by atoms with E-state index in [-0.39, 0.29) is 0 Å². The fourth-order valence-electron chi connectivity index (χ4n) is 0.479. The van der Waals surface area contributed by atoms with E-state index in [2.05, 4.69) is 0 Å². The average molecular weight is 252 g/mol. The lowest BCUT2D eigenvalue weighted by atomic mass is 10.9. The van der Waals surface area contributed by atoms with Crippen molar-refractivity contribution in [2.75, 3.05) is 0 Å². The Hall–Kier alpha value is 0.202. The lowest BCUT2D eigenvalue weighted by molar-refractivity contribution is 0.298. The highest BCUT2D eigenvalue weighted by molar-refractivity contribution is 7.80. The maximum absolute atomic E-state index is 5.12. The topological polar surface area (TPSA) is 27.7 Å². The molecule has 0 amide bonds. The Balaban J connectivity index is 4.10. The second kappa shape index (κ2) is 6.63. The van der Waals surface area contributed by atoms with E-state index in [9.17, 15) is 0 Å². The minimum Gasteiger partial charge on any atom is -0.573 e. The fourth-order valence-corrected chi connectivity index (χ4v) is 2.14. The third-order valence-corrected chi connectivity index (χ3v) is 3.23. The maximum Gasteiger partial charge on any atom is 1.20 e. The Bertz CT molecular complexity index is 193. The monoisotopic (exact) mass is 252 g/mol. The fraction of sp³-hybridized carbons (Fsp3) is 0.500. The van der Waals surface area contributed by atoms with Gasteiger partial charge in [-0.05, 0) is 36.7 Å². The molecule has 0 spiro atoms. The van der Waals surface area contributed by atoms with Gasteiger partial charge in [0.25, 0.3) is 0 Å². The van der Waals surface area contributed by atoms with Gasteiger partial charge in [-0.25, -0.2) is 0 Å². The molecule has 3 nitrogen and oxygen atoms in total. The van der Waals surface area contributed by atoms with Gasteiger partial charge in [-0.2, -0.15) is 0 Å². The normalized spacial score (nSPS) is 8.54. The lowest BCUT2D eigenvalue weighted by Crippen LogP contribution is -2.31. The minimum absolute atomic E-state index is 0.365. The van der Waals surface area contributed by atoms with Crippen LogP contribution in [0.4, 0.5) is 0 Å². The number of hydrogen-bond donors (Lipinski definition) is 0. The van der Waals surface area contributed by atoms with Crippen LogP contribution in [-0.2, 0) is 11.4 Å². The zero-order valence-electron chi connectivity index (χ0n) is 7.53. The molecule has 0 aromatic heterocycles. The summed E-state index contributed by atoms with van der Waals surface area (Å²) >= 11 is 11.9. The molecule has 0 saturated heterocycles. The first kappa shape index (κ1) is 13.2. The van der Waals surface area contributed by atoms with Crippen LogP contribution in [0.1, 0.15) is 20.8 Å². The van der Waals surface area contributed by atoms with E-state index >= 15 is 0 Å². The highest BCUT2D eigenvalue weighted by Crippen LogP contribution is 1.98. The molecule has 0 atom stereocenters. The van der Waals surface area contributed by atoms with E-state index in [1.54, 1.807) is 20.8 Å². The molecule has 0 aliphatic carbocycles. The molecule has 0 aromatic carbocycles. The van der Waals surface area contributed by atoms with Gasteiger partial charge in [0.05, 0.1) is 0 Å². The van der Waals surface area contributed by atoms with Gasteiger partial charge in [-0.3, -0.25) is 0 Å². The molecule has 13 heavy (non-hydrogen) atoms. The van der Waals surface area contributed by atoms with Gasteiger partial charge in [-0.1, -0.05) is 0 Å². The van der Waals surface area contributed by atoms with Gasteiger partial charge in [0.1, 0.15) is 15.2 Å². The van der Waals surface area contributed by atoms with Crippen molar-refractivity contribution < 1.29 is 11.4 Å². The first-order chi connectivity index (χ1) is 5.91. The van der Waals surface area contributed by atoms with Crippen LogP contribution < -0.4 is 0 Å². The largest absolute Gasteiger partial charge is 1.20 e. The summed E-state index contributed by atoms with van der Waals surface area (Å²) in [7, 11) is 0. The number of thiocarbonyl (C=S) groups is 3. The molecule has 0 aromatic rings. The molecule has 0 rings (SSSR count). The summed E-state index contributed by atoms with van der Waals surface area (Å²) in [6.07, 6.45) is 0. The molecule has 0 fully saturated rings. The zero-order valence-corrected chi connectivity index (χ0v) is 11.1. The van der Waals surface area contributed by atoms with E-state index in [4.69, 9.17) is 48.0 Å². The first-order valence-electron chi connectivity index (χ1n) is 3.43. The second-order valence-corrected chi connectivity index (χ2v) is 5.13. The highest BCUT2D eigenvalue weighted by atomic mass is 32.1. The summed E-state index contributed by atoms with van der Waals surface area (Å²) in [4.78, 5) is 0. The van der Waals surface area contributed by atoms with Gasteiger partial charge in [0.15, 0.2) is 0 Å².